The Hall–Kier alpha value is -0.180. The normalized spacial score (nSPS) is 16.6. The molecule has 94 valence electrons. The molecule has 0 aliphatic heterocycles. The number of nitrogens with two attached hydrogens (primary N) is 1. The molecule has 1 aromatic rings. The lowest BCUT2D eigenvalue weighted by molar-refractivity contribution is 0.623. The summed E-state index contributed by atoms with van der Waals surface area (Å²) >= 11 is 8.20. The number of halogens is 1. The zero-order valence-corrected chi connectivity index (χ0v) is 11.7. The van der Waals surface area contributed by atoms with Crippen LogP contribution in [0.1, 0.15) is 31.2 Å². The van der Waals surface area contributed by atoms with Crippen LogP contribution in [0, 0.1) is 5.92 Å². The van der Waals surface area contributed by atoms with Gasteiger partial charge in [0.25, 0.3) is 0 Å². The molecule has 17 heavy (non-hydrogen) atoms. The monoisotopic (exact) mass is 269 g/mol. The largest absolute Gasteiger partial charge is 0.330 e. The molecule has 0 heterocycles. The minimum absolute atomic E-state index is 0.685. The van der Waals surface area contributed by atoms with Gasteiger partial charge in [0.15, 0.2) is 0 Å². The van der Waals surface area contributed by atoms with Crippen molar-refractivity contribution >= 4 is 23.4 Å². The second kappa shape index (κ2) is 6.67. The van der Waals surface area contributed by atoms with Crippen molar-refractivity contribution in [2.75, 3.05) is 12.3 Å². The highest BCUT2D eigenvalue weighted by Crippen LogP contribution is 2.34. The predicted molar refractivity (Wildman–Crippen MR) is 76.9 cm³/mol. The molecule has 1 fully saturated rings. The Morgan fingerprint density at radius 3 is 2.71 bits per heavy atom. The quantitative estimate of drug-likeness (QED) is 0.814. The second-order valence-corrected chi connectivity index (χ2v) is 6.23. The molecule has 0 bridgehead atoms. The minimum Gasteiger partial charge on any atom is -0.330 e. The Kier molecular flexibility index (Phi) is 5.20. The van der Waals surface area contributed by atoms with Gasteiger partial charge in [0.05, 0.1) is 5.02 Å². The minimum atomic E-state index is 0.685. The van der Waals surface area contributed by atoms with E-state index < -0.39 is 0 Å². The van der Waals surface area contributed by atoms with E-state index in [0.29, 0.717) is 6.54 Å². The van der Waals surface area contributed by atoms with Crippen molar-refractivity contribution in [3.8, 4) is 0 Å². The summed E-state index contributed by atoms with van der Waals surface area (Å²) in [5.74, 6) is 2.12. The Labute approximate surface area is 113 Å². The highest BCUT2D eigenvalue weighted by molar-refractivity contribution is 7.99. The van der Waals surface area contributed by atoms with Crippen LogP contribution in [0.3, 0.4) is 0 Å². The van der Waals surface area contributed by atoms with Crippen molar-refractivity contribution in [1.82, 2.24) is 0 Å². The van der Waals surface area contributed by atoms with Crippen LogP contribution in [0.2, 0.25) is 5.02 Å². The Morgan fingerprint density at radius 1 is 1.29 bits per heavy atom. The maximum absolute atomic E-state index is 6.29. The third-order valence-electron chi connectivity index (χ3n) is 3.38. The summed E-state index contributed by atoms with van der Waals surface area (Å²) in [6.07, 6.45) is 6.53. The zero-order valence-electron chi connectivity index (χ0n) is 10.1. The number of benzene rings is 1. The van der Waals surface area contributed by atoms with Crippen LogP contribution >= 0.6 is 23.4 Å². The zero-order chi connectivity index (χ0) is 12.1. The molecular formula is C14H20ClNS. The molecule has 0 saturated heterocycles. The lowest BCUT2D eigenvalue weighted by atomic mass is 10.1. The maximum atomic E-state index is 6.29. The first-order valence-electron chi connectivity index (χ1n) is 6.41. The van der Waals surface area contributed by atoms with Crippen LogP contribution in [0.4, 0.5) is 0 Å². The van der Waals surface area contributed by atoms with Gasteiger partial charge in [-0.1, -0.05) is 30.5 Å². The van der Waals surface area contributed by atoms with Crippen molar-refractivity contribution in [1.29, 1.82) is 0 Å². The summed E-state index contributed by atoms with van der Waals surface area (Å²) in [4.78, 5) is 1.22. The first-order valence-corrected chi connectivity index (χ1v) is 7.77. The van der Waals surface area contributed by atoms with Crippen LogP contribution in [0.25, 0.3) is 0 Å². The van der Waals surface area contributed by atoms with Gasteiger partial charge in [-0.3, -0.25) is 0 Å². The molecule has 0 atom stereocenters. The second-order valence-electron chi connectivity index (χ2n) is 4.76. The third kappa shape index (κ3) is 3.90. The summed E-state index contributed by atoms with van der Waals surface area (Å²) in [6, 6.07) is 6.36. The van der Waals surface area contributed by atoms with Crippen LogP contribution in [-0.2, 0) is 6.42 Å². The molecule has 1 saturated carbocycles. The molecule has 0 amide bonds. The Bertz CT molecular complexity index is 361. The number of hydrogen-bond donors (Lipinski definition) is 1. The maximum Gasteiger partial charge on any atom is 0.0544 e. The average molecular weight is 270 g/mol. The van der Waals surface area contributed by atoms with E-state index in [1.807, 2.05) is 11.8 Å². The molecule has 0 radical (unpaired) electrons. The van der Waals surface area contributed by atoms with Gasteiger partial charge >= 0.3 is 0 Å². The first-order chi connectivity index (χ1) is 8.29. The van der Waals surface area contributed by atoms with E-state index in [-0.39, 0.29) is 0 Å². The van der Waals surface area contributed by atoms with Crippen LogP contribution in [0.15, 0.2) is 23.1 Å². The van der Waals surface area contributed by atoms with Crippen LogP contribution in [0.5, 0.6) is 0 Å². The van der Waals surface area contributed by atoms with E-state index in [1.165, 1.54) is 41.9 Å². The molecule has 0 unspecified atom stereocenters. The number of hydrogen-bond acceptors (Lipinski definition) is 2. The van der Waals surface area contributed by atoms with E-state index in [0.717, 1.165) is 17.4 Å². The summed E-state index contributed by atoms with van der Waals surface area (Å²) < 4.78 is 0. The molecule has 0 aromatic heterocycles. The van der Waals surface area contributed by atoms with Crippen molar-refractivity contribution in [2.24, 2.45) is 11.7 Å². The molecular weight excluding hydrogens is 250 g/mol. The fraction of sp³-hybridized carbons (Fsp3) is 0.571. The summed E-state index contributed by atoms with van der Waals surface area (Å²) in [6.45, 7) is 0.685. The summed E-state index contributed by atoms with van der Waals surface area (Å²) in [7, 11) is 0. The van der Waals surface area contributed by atoms with Gasteiger partial charge in [0.2, 0.25) is 0 Å². The van der Waals surface area contributed by atoms with Gasteiger partial charge < -0.3 is 5.73 Å². The molecule has 3 heteroatoms. The number of thioether (sulfide) groups is 1. The molecule has 1 aliphatic carbocycles. The summed E-state index contributed by atoms with van der Waals surface area (Å²) in [5, 5.41) is 0.888. The van der Waals surface area contributed by atoms with E-state index in [9.17, 15) is 0 Å². The van der Waals surface area contributed by atoms with E-state index >= 15 is 0 Å². The molecule has 2 rings (SSSR count). The standard InChI is InChI=1S/C14H20ClNS/c15-13-9-11(7-8-16)5-6-14(13)17-10-12-3-1-2-4-12/h5-6,9,12H,1-4,7-8,10,16H2. The SMILES string of the molecule is NCCc1ccc(SCC2CCCC2)c(Cl)c1. The average Bonchev–Trinajstić information content (AvgIpc) is 2.81. The highest BCUT2D eigenvalue weighted by atomic mass is 35.5. The van der Waals surface area contributed by atoms with Gasteiger partial charge in [0.1, 0.15) is 0 Å². The Morgan fingerprint density at radius 2 is 2.06 bits per heavy atom. The fourth-order valence-corrected chi connectivity index (χ4v) is 3.84. The Balaban J connectivity index is 1.91. The van der Waals surface area contributed by atoms with Gasteiger partial charge in [-0.15, -0.1) is 11.8 Å². The fourth-order valence-electron chi connectivity index (χ4n) is 2.37. The van der Waals surface area contributed by atoms with Crippen molar-refractivity contribution in [3.63, 3.8) is 0 Å². The summed E-state index contributed by atoms with van der Waals surface area (Å²) in [5.41, 5.74) is 6.78. The van der Waals surface area contributed by atoms with Gasteiger partial charge in [-0.25, -0.2) is 0 Å². The van der Waals surface area contributed by atoms with Crippen LogP contribution < -0.4 is 5.73 Å². The molecule has 1 aliphatic rings. The lowest BCUT2D eigenvalue weighted by Crippen LogP contribution is -2.02. The first kappa shape index (κ1) is 13.3. The molecule has 1 aromatic carbocycles. The van der Waals surface area contributed by atoms with Crippen LogP contribution in [-0.4, -0.2) is 12.3 Å². The predicted octanol–water partition coefficient (Wildman–Crippen LogP) is 4.12. The molecule has 2 N–H and O–H groups in total. The van der Waals surface area contributed by atoms with E-state index in [1.54, 1.807) is 0 Å². The van der Waals surface area contributed by atoms with Gasteiger partial charge in [0, 0.05) is 10.6 Å². The smallest absolute Gasteiger partial charge is 0.0544 e. The van der Waals surface area contributed by atoms with Gasteiger partial charge in [-0.05, 0) is 49.4 Å². The van der Waals surface area contributed by atoms with E-state index in [2.05, 4.69) is 18.2 Å². The number of rotatable bonds is 5. The third-order valence-corrected chi connectivity index (χ3v) is 5.11. The topological polar surface area (TPSA) is 26.0 Å². The van der Waals surface area contributed by atoms with E-state index in [4.69, 9.17) is 17.3 Å². The van der Waals surface area contributed by atoms with Crippen molar-refractivity contribution in [2.45, 2.75) is 37.0 Å². The molecule has 0 spiro atoms. The van der Waals surface area contributed by atoms with Crippen molar-refractivity contribution < 1.29 is 0 Å². The lowest BCUT2D eigenvalue weighted by Gasteiger charge is -2.10. The molecule has 1 nitrogen and oxygen atoms in total. The van der Waals surface area contributed by atoms with Gasteiger partial charge in [-0.2, -0.15) is 0 Å². The van der Waals surface area contributed by atoms with Crippen molar-refractivity contribution in [3.05, 3.63) is 28.8 Å². The highest BCUT2D eigenvalue weighted by Gasteiger charge is 2.15.